The summed E-state index contributed by atoms with van der Waals surface area (Å²) in [7, 11) is 0. The molecule has 1 aliphatic rings. The maximum atomic E-state index is 12.1. The van der Waals surface area contributed by atoms with Gasteiger partial charge in [-0.15, -0.1) is 0 Å². The summed E-state index contributed by atoms with van der Waals surface area (Å²) in [5, 5.41) is 11.0. The Morgan fingerprint density at radius 3 is 2.47 bits per heavy atom. The third kappa shape index (κ3) is 5.77. The van der Waals surface area contributed by atoms with Gasteiger partial charge in [0.05, 0.1) is 6.54 Å². The van der Waals surface area contributed by atoms with E-state index in [4.69, 9.17) is 10.8 Å². The number of hydrogen-bond acceptors (Lipinski definition) is 3. The molecule has 0 spiro atoms. The Morgan fingerprint density at radius 1 is 1.37 bits per heavy atom. The summed E-state index contributed by atoms with van der Waals surface area (Å²) in [6, 6.07) is -1.36. The van der Waals surface area contributed by atoms with Crippen LogP contribution in [-0.4, -0.2) is 53.9 Å². The Bertz CT molecular complexity index is 349. The largest absolute Gasteiger partial charge is 0.481 e. The Labute approximate surface area is 107 Å². The SMILES string of the molecule is NC(=O)N1CC(CC(=O)O)CC(NCC(F)(F)F)C1. The van der Waals surface area contributed by atoms with E-state index in [1.54, 1.807) is 0 Å². The first-order valence-electron chi connectivity index (χ1n) is 5.73. The third-order valence-corrected chi connectivity index (χ3v) is 2.90. The predicted molar refractivity (Wildman–Crippen MR) is 59.4 cm³/mol. The number of carboxylic acid groups (broad SMARTS) is 1. The molecule has 2 amide bonds. The van der Waals surface area contributed by atoms with E-state index in [0.29, 0.717) is 0 Å². The van der Waals surface area contributed by atoms with E-state index >= 15 is 0 Å². The molecule has 1 saturated heterocycles. The van der Waals surface area contributed by atoms with Gasteiger partial charge in [-0.05, 0) is 12.3 Å². The predicted octanol–water partition coefficient (Wildman–Crippen LogP) is 0.382. The van der Waals surface area contributed by atoms with E-state index in [2.05, 4.69) is 5.32 Å². The fraction of sp³-hybridized carbons (Fsp3) is 0.800. The van der Waals surface area contributed by atoms with Crippen LogP contribution >= 0.6 is 0 Å². The van der Waals surface area contributed by atoms with Gasteiger partial charge >= 0.3 is 18.2 Å². The Kier molecular flexibility index (Phi) is 4.98. The molecule has 1 rings (SSSR count). The maximum absolute atomic E-state index is 12.1. The van der Waals surface area contributed by atoms with Crippen LogP contribution in [0.5, 0.6) is 0 Å². The Balaban J connectivity index is 2.59. The number of hydrogen-bond donors (Lipinski definition) is 3. The second-order valence-corrected chi connectivity index (χ2v) is 4.64. The number of carbonyl (C=O) groups excluding carboxylic acids is 1. The summed E-state index contributed by atoms with van der Waals surface area (Å²) >= 11 is 0. The summed E-state index contributed by atoms with van der Waals surface area (Å²) in [4.78, 5) is 22.9. The number of aliphatic carboxylic acids is 1. The van der Waals surface area contributed by atoms with Gasteiger partial charge in [0.15, 0.2) is 0 Å². The van der Waals surface area contributed by atoms with Gasteiger partial charge in [0.25, 0.3) is 0 Å². The van der Waals surface area contributed by atoms with Crippen molar-refractivity contribution in [2.75, 3.05) is 19.6 Å². The monoisotopic (exact) mass is 283 g/mol. The van der Waals surface area contributed by atoms with Crippen LogP contribution < -0.4 is 11.1 Å². The van der Waals surface area contributed by atoms with Crippen molar-refractivity contribution in [3.8, 4) is 0 Å². The Morgan fingerprint density at radius 2 is 2.00 bits per heavy atom. The fourth-order valence-corrected chi connectivity index (χ4v) is 2.19. The van der Waals surface area contributed by atoms with Crippen LogP contribution in [0.25, 0.3) is 0 Å². The molecule has 19 heavy (non-hydrogen) atoms. The highest BCUT2D eigenvalue weighted by atomic mass is 19.4. The smallest absolute Gasteiger partial charge is 0.401 e. The quantitative estimate of drug-likeness (QED) is 0.695. The third-order valence-electron chi connectivity index (χ3n) is 2.90. The minimum atomic E-state index is -4.35. The molecule has 0 aromatic carbocycles. The normalized spacial score (nSPS) is 24.3. The van der Waals surface area contributed by atoms with Crippen molar-refractivity contribution in [1.29, 1.82) is 0 Å². The highest BCUT2D eigenvalue weighted by Gasteiger charge is 2.33. The minimum Gasteiger partial charge on any atom is -0.481 e. The number of nitrogens with two attached hydrogens (primary N) is 1. The summed E-state index contributed by atoms with van der Waals surface area (Å²) in [6.07, 6.45) is -4.28. The molecule has 0 saturated carbocycles. The maximum Gasteiger partial charge on any atom is 0.401 e. The molecule has 2 atom stereocenters. The lowest BCUT2D eigenvalue weighted by Gasteiger charge is -2.37. The number of rotatable bonds is 4. The molecule has 0 aromatic rings. The first-order chi connectivity index (χ1) is 8.67. The van der Waals surface area contributed by atoms with E-state index in [0.717, 1.165) is 0 Å². The Hall–Kier alpha value is -1.51. The van der Waals surface area contributed by atoms with Crippen molar-refractivity contribution in [2.45, 2.75) is 25.1 Å². The average Bonchev–Trinajstić information content (AvgIpc) is 2.24. The molecule has 9 heteroatoms. The zero-order valence-corrected chi connectivity index (χ0v) is 10.1. The molecule has 6 nitrogen and oxygen atoms in total. The van der Waals surface area contributed by atoms with Crippen molar-refractivity contribution in [2.24, 2.45) is 11.7 Å². The van der Waals surface area contributed by atoms with E-state index in [-0.39, 0.29) is 25.9 Å². The van der Waals surface area contributed by atoms with Crippen LogP contribution in [0, 0.1) is 5.92 Å². The summed E-state index contributed by atoms with van der Waals surface area (Å²) in [5.41, 5.74) is 5.09. The van der Waals surface area contributed by atoms with Crippen LogP contribution in [0.2, 0.25) is 0 Å². The molecular weight excluding hydrogens is 267 g/mol. The van der Waals surface area contributed by atoms with E-state index in [1.807, 2.05) is 0 Å². The summed E-state index contributed by atoms with van der Waals surface area (Å²) < 4.78 is 36.3. The number of primary amides is 1. The van der Waals surface area contributed by atoms with Crippen molar-refractivity contribution in [3.63, 3.8) is 0 Å². The molecule has 0 aromatic heterocycles. The van der Waals surface area contributed by atoms with Crippen molar-refractivity contribution in [3.05, 3.63) is 0 Å². The standard InChI is InChI=1S/C10H16F3N3O3/c11-10(12,13)5-15-7-1-6(2-8(17)18)3-16(4-7)9(14)19/h6-7,15H,1-5H2,(H2,14,19)(H,17,18). The lowest BCUT2D eigenvalue weighted by atomic mass is 9.91. The van der Waals surface area contributed by atoms with Gasteiger partial charge in [-0.1, -0.05) is 0 Å². The number of alkyl halides is 3. The van der Waals surface area contributed by atoms with E-state index in [1.165, 1.54) is 4.90 Å². The number of urea groups is 1. The lowest BCUT2D eigenvalue weighted by Crippen LogP contribution is -2.54. The molecular formula is C10H16F3N3O3. The topological polar surface area (TPSA) is 95.7 Å². The number of nitrogens with zero attached hydrogens (tertiary/aromatic N) is 1. The van der Waals surface area contributed by atoms with Gasteiger partial charge in [-0.25, -0.2) is 4.79 Å². The fourth-order valence-electron chi connectivity index (χ4n) is 2.19. The van der Waals surface area contributed by atoms with Gasteiger partial charge in [-0.2, -0.15) is 13.2 Å². The molecule has 0 aliphatic carbocycles. The van der Waals surface area contributed by atoms with Crippen LogP contribution in [0.1, 0.15) is 12.8 Å². The molecule has 1 aliphatic heterocycles. The van der Waals surface area contributed by atoms with Gasteiger partial charge in [-0.3, -0.25) is 4.79 Å². The first kappa shape index (κ1) is 15.5. The van der Waals surface area contributed by atoms with Crippen LogP contribution in [0.3, 0.4) is 0 Å². The van der Waals surface area contributed by atoms with Crippen molar-refractivity contribution >= 4 is 12.0 Å². The number of carboxylic acids is 1. The zero-order chi connectivity index (χ0) is 14.6. The number of carbonyl (C=O) groups is 2. The summed E-state index contributed by atoms with van der Waals surface area (Å²) in [6.45, 7) is -0.961. The van der Waals surface area contributed by atoms with Gasteiger partial charge < -0.3 is 21.1 Å². The van der Waals surface area contributed by atoms with Gasteiger partial charge in [0.1, 0.15) is 0 Å². The second kappa shape index (κ2) is 6.09. The number of piperidine rings is 1. The van der Waals surface area contributed by atoms with Gasteiger partial charge in [0.2, 0.25) is 0 Å². The molecule has 110 valence electrons. The van der Waals surface area contributed by atoms with E-state index in [9.17, 15) is 22.8 Å². The number of halogens is 3. The molecule has 1 heterocycles. The molecule has 4 N–H and O–H groups in total. The van der Waals surface area contributed by atoms with Crippen LogP contribution in [0.15, 0.2) is 0 Å². The highest BCUT2D eigenvalue weighted by Crippen LogP contribution is 2.21. The average molecular weight is 283 g/mol. The molecule has 2 unspecified atom stereocenters. The first-order valence-corrected chi connectivity index (χ1v) is 5.73. The number of amides is 2. The highest BCUT2D eigenvalue weighted by molar-refractivity contribution is 5.72. The van der Waals surface area contributed by atoms with Crippen LogP contribution in [-0.2, 0) is 4.79 Å². The number of likely N-dealkylation sites (tertiary alicyclic amines) is 1. The molecule has 0 bridgehead atoms. The van der Waals surface area contributed by atoms with Crippen LogP contribution in [0.4, 0.5) is 18.0 Å². The van der Waals surface area contributed by atoms with Crippen molar-refractivity contribution < 1.29 is 27.9 Å². The molecule has 0 radical (unpaired) electrons. The molecule has 1 fully saturated rings. The lowest BCUT2D eigenvalue weighted by molar-refractivity contribution is -0.139. The zero-order valence-electron chi connectivity index (χ0n) is 10.1. The number of nitrogens with one attached hydrogen (secondary N) is 1. The summed E-state index contributed by atoms with van der Waals surface area (Å²) in [5.74, 6) is -1.45. The van der Waals surface area contributed by atoms with Crippen molar-refractivity contribution in [1.82, 2.24) is 10.2 Å². The second-order valence-electron chi connectivity index (χ2n) is 4.64. The van der Waals surface area contributed by atoms with E-state index < -0.39 is 36.7 Å². The van der Waals surface area contributed by atoms with Gasteiger partial charge in [0, 0.05) is 25.6 Å². The minimum absolute atomic E-state index is 0.0571.